The van der Waals surface area contributed by atoms with Gasteiger partial charge >= 0.3 is 0 Å². The first kappa shape index (κ1) is 16.5. The van der Waals surface area contributed by atoms with E-state index in [0.29, 0.717) is 0 Å². The molecule has 0 saturated carbocycles. The van der Waals surface area contributed by atoms with Gasteiger partial charge in [0, 0.05) is 38.3 Å². The van der Waals surface area contributed by atoms with Gasteiger partial charge in [0.2, 0.25) is 0 Å². The molecule has 0 aliphatic carbocycles. The summed E-state index contributed by atoms with van der Waals surface area (Å²) in [6.07, 6.45) is 0. The van der Waals surface area contributed by atoms with E-state index in [1.54, 1.807) is 11.3 Å². The van der Waals surface area contributed by atoms with Crippen LogP contribution in [-0.4, -0.2) is 63.4 Å². The number of β-amino-alcohol motifs (C(OH)–C–C–N with tert-alkyl or cyclic N) is 1. The van der Waals surface area contributed by atoms with E-state index in [4.69, 9.17) is 0 Å². The average Bonchev–Trinajstić information content (AvgIpc) is 2.97. The number of nitrogens with zero attached hydrogens (tertiary/aromatic N) is 4. The Labute approximate surface area is 141 Å². The van der Waals surface area contributed by atoms with Crippen LogP contribution >= 0.6 is 11.3 Å². The standard InChI is InChI=1S/C17H24N4OS/c1-17(2,22)13-21-10-8-20(9-11-21)12-15-18-19-16(23-15)14-6-4-3-5-7-14/h3-7,22H,8-13H2,1-2H3. The van der Waals surface area contributed by atoms with Crippen LogP contribution in [0.1, 0.15) is 18.9 Å². The predicted octanol–water partition coefficient (Wildman–Crippen LogP) is 2.09. The predicted molar refractivity (Wildman–Crippen MR) is 93.4 cm³/mol. The Hall–Kier alpha value is -1.34. The van der Waals surface area contributed by atoms with E-state index in [1.807, 2.05) is 32.0 Å². The summed E-state index contributed by atoms with van der Waals surface area (Å²) in [6.45, 7) is 9.34. The highest BCUT2D eigenvalue weighted by molar-refractivity contribution is 7.14. The maximum absolute atomic E-state index is 9.91. The summed E-state index contributed by atoms with van der Waals surface area (Å²) in [5.74, 6) is 0. The molecule has 0 amide bonds. The van der Waals surface area contributed by atoms with Gasteiger partial charge in [-0.15, -0.1) is 10.2 Å². The molecule has 2 aromatic rings. The summed E-state index contributed by atoms with van der Waals surface area (Å²) >= 11 is 1.67. The maximum atomic E-state index is 9.91. The normalized spacial score (nSPS) is 17.5. The molecule has 0 bridgehead atoms. The van der Waals surface area contributed by atoms with Crippen molar-refractivity contribution in [2.24, 2.45) is 0 Å². The molecule has 1 saturated heterocycles. The molecule has 1 N–H and O–H groups in total. The van der Waals surface area contributed by atoms with Crippen LogP contribution < -0.4 is 0 Å². The number of aliphatic hydroxyl groups is 1. The van der Waals surface area contributed by atoms with Crippen molar-refractivity contribution in [3.8, 4) is 10.6 Å². The molecule has 3 rings (SSSR count). The van der Waals surface area contributed by atoms with E-state index >= 15 is 0 Å². The van der Waals surface area contributed by atoms with E-state index in [9.17, 15) is 5.11 Å². The number of piperazine rings is 1. The van der Waals surface area contributed by atoms with Crippen molar-refractivity contribution in [2.45, 2.75) is 26.0 Å². The van der Waals surface area contributed by atoms with E-state index in [-0.39, 0.29) is 0 Å². The zero-order valence-corrected chi connectivity index (χ0v) is 14.6. The van der Waals surface area contributed by atoms with Crippen LogP contribution in [0.5, 0.6) is 0 Å². The first-order chi connectivity index (χ1) is 11.0. The van der Waals surface area contributed by atoms with Crippen LogP contribution in [0.2, 0.25) is 0 Å². The van der Waals surface area contributed by atoms with E-state index in [0.717, 1.165) is 54.8 Å². The molecule has 2 heterocycles. The molecule has 0 unspecified atom stereocenters. The molecule has 1 aliphatic rings. The number of rotatable bonds is 5. The Morgan fingerprint density at radius 1 is 1.04 bits per heavy atom. The molecule has 1 aliphatic heterocycles. The fourth-order valence-electron chi connectivity index (χ4n) is 2.86. The number of hydrogen-bond acceptors (Lipinski definition) is 6. The molecule has 1 aromatic carbocycles. The lowest BCUT2D eigenvalue weighted by Gasteiger charge is -2.36. The second-order valence-electron chi connectivity index (χ2n) is 6.73. The minimum absolute atomic E-state index is 0.619. The van der Waals surface area contributed by atoms with Crippen LogP contribution in [0.3, 0.4) is 0 Å². The van der Waals surface area contributed by atoms with Gasteiger partial charge in [0.15, 0.2) is 0 Å². The highest BCUT2D eigenvalue weighted by Crippen LogP contribution is 2.24. The van der Waals surface area contributed by atoms with Gasteiger partial charge in [0.05, 0.1) is 12.1 Å². The van der Waals surface area contributed by atoms with Crippen molar-refractivity contribution in [1.82, 2.24) is 20.0 Å². The van der Waals surface area contributed by atoms with Crippen molar-refractivity contribution in [3.63, 3.8) is 0 Å². The third kappa shape index (κ3) is 4.81. The number of aromatic nitrogens is 2. The quantitative estimate of drug-likeness (QED) is 0.909. The largest absolute Gasteiger partial charge is 0.389 e. The Bertz CT molecular complexity index is 615. The summed E-state index contributed by atoms with van der Waals surface area (Å²) in [5.41, 5.74) is 0.512. The van der Waals surface area contributed by atoms with Crippen LogP contribution in [0.25, 0.3) is 10.6 Å². The van der Waals surface area contributed by atoms with Gasteiger partial charge < -0.3 is 5.11 Å². The highest BCUT2D eigenvalue weighted by Gasteiger charge is 2.23. The summed E-state index contributed by atoms with van der Waals surface area (Å²) in [4.78, 5) is 4.74. The molecule has 6 heteroatoms. The van der Waals surface area contributed by atoms with Crippen LogP contribution in [-0.2, 0) is 6.54 Å². The van der Waals surface area contributed by atoms with E-state index in [1.165, 1.54) is 0 Å². The highest BCUT2D eigenvalue weighted by atomic mass is 32.1. The van der Waals surface area contributed by atoms with Crippen LogP contribution in [0, 0.1) is 0 Å². The minimum atomic E-state index is -0.619. The van der Waals surface area contributed by atoms with Gasteiger partial charge in [-0.25, -0.2) is 0 Å². The first-order valence-corrected chi connectivity index (χ1v) is 8.86. The van der Waals surface area contributed by atoms with Crippen LogP contribution in [0.15, 0.2) is 30.3 Å². The SMILES string of the molecule is CC(C)(O)CN1CCN(Cc2nnc(-c3ccccc3)s2)CC1. The minimum Gasteiger partial charge on any atom is -0.389 e. The Morgan fingerprint density at radius 2 is 1.70 bits per heavy atom. The Kier molecular flexibility index (Phi) is 5.06. The van der Waals surface area contributed by atoms with Crippen molar-refractivity contribution < 1.29 is 5.11 Å². The summed E-state index contributed by atoms with van der Waals surface area (Å²) in [6, 6.07) is 10.2. The third-order valence-electron chi connectivity index (χ3n) is 3.92. The topological polar surface area (TPSA) is 52.5 Å². The zero-order chi connectivity index (χ0) is 16.3. The molecule has 0 atom stereocenters. The van der Waals surface area contributed by atoms with Crippen molar-refractivity contribution >= 4 is 11.3 Å². The molecule has 1 aromatic heterocycles. The molecule has 23 heavy (non-hydrogen) atoms. The second kappa shape index (κ2) is 7.05. The average molecular weight is 332 g/mol. The molecular weight excluding hydrogens is 308 g/mol. The Morgan fingerprint density at radius 3 is 2.35 bits per heavy atom. The maximum Gasteiger partial charge on any atom is 0.147 e. The van der Waals surface area contributed by atoms with Gasteiger partial charge in [-0.05, 0) is 13.8 Å². The lowest BCUT2D eigenvalue weighted by molar-refractivity contribution is 0.0166. The summed E-state index contributed by atoms with van der Waals surface area (Å²) < 4.78 is 0. The fourth-order valence-corrected chi connectivity index (χ4v) is 3.75. The first-order valence-electron chi connectivity index (χ1n) is 8.04. The van der Waals surface area contributed by atoms with E-state index < -0.39 is 5.60 Å². The van der Waals surface area contributed by atoms with Crippen LogP contribution in [0.4, 0.5) is 0 Å². The van der Waals surface area contributed by atoms with E-state index in [2.05, 4.69) is 32.1 Å². The molecular formula is C17H24N4OS. The van der Waals surface area contributed by atoms with Gasteiger partial charge in [-0.2, -0.15) is 0 Å². The molecule has 124 valence electrons. The summed E-state index contributed by atoms with van der Waals surface area (Å²) in [7, 11) is 0. The summed E-state index contributed by atoms with van der Waals surface area (Å²) in [5, 5.41) is 20.6. The second-order valence-corrected chi connectivity index (χ2v) is 7.79. The van der Waals surface area contributed by atoms with Gasteiger partial charge in [0.25, 0.3) is 0 Å². The number of hydrogen-bond donors (Lipinski definition) is 1. The molecule has 5 nitrogen and oxygen atoms in total. The van der Waals surface area contributed by atoms with Gasteiger partial charge in [-0.1, -0.05) is 41.7 Å². The Balaban J connectivity index is 1.53. The van der Waals surface area contributed by atoms with Crippen molar-refractivity contribution in [2.75, 3.05) is 32.7 Å². The smallest absolute Gasteiger partial charge is 0.147 e. The lowest BCUT2D eigenvalue weighted by atomic mass is 10.1. The molecule has 0 spiro atoms. The lowest BCUT2D eigenvalue weighted by Crippen LogP contribution is -2.50. The molecule has 0 radical (unpaired) electrons. The zero-order valence-electron chi connectivity index (χ0n) is 13.8. The third-order valence-corrected chi connectivity index (χ3v) is 4.88. The van der Waals surface area contributed by atoms with Crippen molar-refractivity contribution in [1.29, 1.82) is 0 Å². The van der Waals surface area contributed by atoms with Crippen molar-refractivity contribution in [3.05, 3.63) is 35.3 Å². The number of benzene rings is 1. The fraction of sp³-hybridized carbons (Fsp3) is 0.529. The molecule has 1 fully saturated rings. The monoisotopic (exact) mass is 332 g/mol. The van der Waals surface area contributed by atoms with Gasteiger partial charge in [0.1, 0.15) is 10.0 Å². The van der Waals surface area contributed by atoms with Gasteiger partial charge in [-0.3, -0.25) is 9.80 Å².